The van der Waals surface area contributed by atoms with E-state index >= 15 is 0 Å². The Morgan fingerprint density at radius 1 is 1.25 bits per heavy atom. The highest BCUT2D eigenvalue weighted by Gasteiger charge is 2.31. The van der Waals surface area contributed by atoms with Gasteiger partial charge in [-0.15, -0.1) is 0 Å². The second-order valence-electron chi connectivity index (χ2n) is 7.99. The van der Waals surface area contributed by atoms with Crippen LogP contribution >= 0.6 is 0 Å². The van der Waals surface area contributed by atoms with E-state index in [1.165, 1.54) is 24.1 Å². The van der Waals surface area contributed by atoms with Gasteiger partial charge in [-0.1, -0.05) is 13.8 Å². The largest absolute Gasteiger partial charge is 0.341 e. The molecule has 5 heteroatoms. The number of hydrogen-bond donors (Lipinski definition) is 1. The first-order chi connectivity index (χ1) is 11.4. The number of aryl methyl sites for hydroxylation is 1. The molecule has 1 aromatic heterocycles. The fourth-order valence-electron chi connectivity index (χ4n) is 4.18. The van der Waals surface area contributed by atoms with Crippen LogP contribution in [0.1, 0.15) is 56.5 Å². The Balaban J connectivity index is 1.59. The third-order valence-electron chi connectivity index (χ3n) is 5.53. The molecule has 2 atom stereocenters. The van der Waals surface area contributed by atoms with Crippen molar-refractivity contribution in [3.63, 3.8) is 0 Å². The number of hydrogen-bond acceptors (Lipinski definition) is 3. The Labute approximate surface area is 145 Å². The number of nitrogens with zero attached hydrogens (tertiary/aromatic N) is 3. The van der Waals surface area contributed by atoms with E-state index in [2.05, 4.69) is 47.7 Å². The highest BCUT2D eigenvalue weighted by atomic mass is 16.2. The van der Waals surface area contributed by atoms with Crippen LogP contribution in [0.5, 0.6) is 0 Å². The van der Waals surface area contributed by atoms with Gasteiger partial charge in [-0.25, -0.2) is 0 Å². The number of aromatic nitrogens is 2. The van der Waals surface area contributed by atoms with Gasteiger partial charge in [-0.05, 0) is 51.0 Å². The van der Waals surface area contributed by atoms with E-state index in [1.54, 1.807) is 0 Å². The Morgan fingerprint density at radius 3 is 2.75 bits per heavy atom. The van der Waals surface area contributed by atoms with Gasteiger partial charge in [0.15, 0.2) is 0 Å². The first-order valence-corrected chi connectivity index (χ1v) is 9.50. The molecule has 1 N–H and O–H groups in total. The zero-order valence-electron chi connectivity index (χ0n) is 15.6. The van der Waals surface area contributed by atoms with E-state index in [9.17, 15) is 4.79 Å². The standard InChI is InChI=1S/C19H32N4O/c1-13(2)11-23-15(4)18(14(3)21-23)7-8-19(24)22-10-9-16-5-6-17(12-22)20-16/h13,16-17,20H,5-12H2,1-4H3. The first-order valence-electron chi connectivity index (χ1n) is 9.50. The fraction of sp³-hybridized carbons (Fsp3) is 0.789. The molecule has 2 bridgehead atoms. The minimum atomic E-state index is 0.305. The third kappa shape index (κ3) is 3.82. The van der Waals surface area contributed by atoms with Crippen molar-refractivity contribution < 1.29 is 4.79 Å². The van der Waals surface area contributed by atoms with Gasteiger partial charge in [-0.2, -0.15) is 5.10 Å². The van der Waals surface area contributed by atoms with Gasteiger partial charge in [0.05, 0.1) is 5.69 Å². The minimum Gasteiger partial charge on any atom is -0.341 e. The van der Waals surface area contributed by atoms with E-state index in [0.29, 0.717) is 30.3 Å². The van der Waals surface area contributed by atoms with E-state index in [1.807, 2.05) is 0 Å². The van der Waals surface area contributed by atoms with Crippen molar-refractivity contribution in [1.82, 2.24) is 20.0 Å². The maximum atomic E-state index is 12.7. The zero-order chi connectivity index (χ0) is 17.3. The first kappa shape index (κ1) is 17.5. The fourth-order valence-corrected chi connectivity index (χ4v) is 4.18. The van der Waals surface area contributed by atoms with Crippen molar-refractivity contribution in [2.45, 2.75) is 78.4 Å². The van der Waals surface area contributed by atoms with Crippen molar-refractivity contribution in [1.29, 1.82) is 0 Å². The molecule has 0 spiro atoms. The summed E-state index contributed by atoms with van der Waals surface area (Å²) in [5.74, 6) is 0.886. The second-order valence-corrected chi connectivity index (χ2v) is 7.99. The Hall–Kier alpha value is -1.36. The molecule has 0 saturated carbocycles. The molecule has 1 amide bonds. The number of likely N-dealkylation sites (tertiary alicyclic amines) is 1. The van der Waals surface area contributed by atoms with Crippen molar-refractivity contribution in [3.8, 4) is 0 Å². The Morgan fingerprint density at radius 2 is 2.00 bits per heavy atom. The minimum absolute atomic E-state index is 0.305. The molecule has 2 aliphatic rings. The van der Waals surface area contributed by atoms with E-state index in [0.717, 1.165) is 38.2 Å². The highest BCUT2D eigenvalue weighted by molar-refractivity contribution is 5.76. The molecule has 2 fully saturated rings. The van der Waals surface area contributed by atoms with E-state index in [-0.39, 0.29) is 0 Å². The zero-order valence-corrected chi connectivity index (χ0v) is 15.6. The number of nitrogens with one attached hydrogen (secondary N) is 1. The maximum absolute atomic E-state index is 12.7. The summed E-state index contributed by atoms with van der Waals surface area (Å²) in [7, 11) is 0. The molecule has 3 heterocycles. The van der Waals surface area contributed by atoms with Crippen LogP contribution in [0.15, 0.2) is 0 Å². The smallest absolute Gasteiger partial charge is 0.222 e. The van der Waals surface area contributed by atoms with Gasteiger partial charge in [0.2, 0.25) is 5.91 Å². The number of carbonyl (C=O) groups excluding carboxylic acids is 1. The topological polar surface area (TPSA) is 50.2 Å². The van der Waals surface area contributed by atoms with Gasteiger partial charge >= 0.3 is 0 Å². The maximum Gasteiger partial charge on any atom is 0.222 e. The molecule has 0 radical (unpaired) electrons. The molecule has 24 heavy (non-hydrogen) atoms. The van der Waals surface area contributed by atoms with Gasteiger partial charge in [-0.3, -0.25) is 9.48 Å². The van der Waals surface area contributed by atoms with Crippen LogP contribution in [0.4, 0.5) is 0 Å². The lowest BCUT2D eigenvalue weighted by atomic mass is 10.1. The number of fused-ring (bicyclic) bond motifs is 2. The lowest BCUT2D eigenvalue weighted by molar-refractivity contribution is -0.131. The van der Waals surface area contributed by atoms with E-state index in [4.69, 9.17) is 0 Å². The second kappa shape index (κ2) is 7.26. The van der Waals surface area contributed by atoms with Crippen LogP contribution in [0.3, 0.4) is 0 Å². The average Bonchev–Trinajstić information content (AvgIpc) is 2.96. The lowest BCUT2D eigenvalue weighted by Gasteiger charge is -2.24. The van der Waals surface area contributed by atoms with Crippen LogP contribution in [-0.2, 0) is 17.8 Å². The van der Waals surface area contributed by atoms with Crippen LogP contribution in [0.25, 0.3) is 0 Å². The number of carbonyl (C=O) groups is 1. The van der Waals surface area contributed by atoms with Crippen LogP contribution in [0.2, 0.25) is 0 Å². The predicted octanol–water partition coefficient (Wildman–Crippen LogP) is 2.44. The summed E-state index contributed by atoms with van der Waals surface area (Å²) in [6.07, 6.45) is 5.01. The SMILES string of the molecule is Cc1nn(CC(C)C)c(C)c1CCC(=O)N1CCC2CCC(C1)N2. The Kier molecular flexibility index (Phi) is 5.28. The molecule has 2 aliphatic heterocycles. The molecular formula is C19H32N4O. The van der Waals surface area contributed by atoms with E-state index < -0.39 is 0 Å². The molecule has 5 nitrogen and oxygen atoms in total. The molecule has 0 aliphatic carbocycles. The lowest BCUT2D eigenvalue weighted by Crippen LogP contribution is -2.39. The van der Waals surface area contributed by atoms with Crippen molar-refractivity contribution in [2.24, 2.45) is 5.92 Å². The molecule has 3 rings (SSSR count). The average molecular weight is 332 g/mol. The summed E-state index contributed by atoms with van der Waals surface area (Å²) >= 11 is 0. The van der Waals surface area contributed by atoms with Crippen molar-refractivity contribution >= 4 is 5.91 Å². The van der Waals surface area contributed by atoms with Crippen molar-refractivity contribution in [3.05, 3.63) is 17.0 Å². The number of rotatable bonds is 5. The third-order valence-corrected chi connectivity index (χ3v) is 5.53. The van der Waals surface area contributed by atoms with Gasteiger partial charge in [0.1, 0.15) is 0 Å². The van der Waals surface area contributed by atoms with Crippen molar-refractivity contribution in [2.75, 3.05) is 13.1 Å². The summed E-state index contributed by atoms with van der Waals surface area (Å²) in [5.41, 5.74) is 3.57. The Bertz CT molecular complexity index is 592. The summed E-state index contributed by atoms with van der Waals surface area (Å²) in [6, 6.07) is 1.14. The highest BCUT2D eigenvalue weighted by Crippen LogP contribution is 2.22. The van der Waals surface area contributed by atoms with Crippen LogP contribution < -0.4 is 5.32 Å². The van der Waals surface area contributed by atoms with Gasteiger partial charge < -0.3 is 10.2 Å². The van der Waals surface area contributed by atoms with Gasteiger partial charge in [0.25, 0.3) is 0 Å². The molecule has 0 aromatic carbocycles. The van der Waals surface area contributed by atoms with Crippen LogP contribution in [0, 0.1) is 19.8 Å². The summed E-state index contributed by atoms with van der Waals surface area (Å²) in [5, 5.41) is 8.31. The summed E-state index contributed by atoms with van der Waals surface area (Å²) in [4.78, 5) is 14.8. The summed E-state index contributed by atoms with van der Waals surface area (Å²) < 4.78 is 2.11. The predicted molar refractivity (Wildman–Crippen MR) is 96.0 cm³/mol. The normalized spacial score (nSPS) is 23.8. The molecular weight excluding hydrogens is 300 g/mol. The molecule has 2 saturated heterocycles. The molecule has 1 aromatic rings. The molecule has 134 valence electrons. The van der Waals surface area contributed by atoms with Gasteiger partial charge in [0, 0.05) is 43.8 Å². The molecule has 2 unspecified atom stereocenters. The quantitative estimate of drug-likeness (QED) is 0.901. The number of amides is 1. The summed E-state index contributed by atoms with van der Waals surface area (Å²) in [6.45, 7) is 11.4. The van der Waals surface area contributed by atoms with Crippen LogP contribution in [-0.4, -0.2) is 45.8 Å². The monoisotopic (exact) mass is 332 g/mol.